The van der Waals surface area contributed by atoms with E-state index in [0.29, 0.717) is 5.92 Å². The Morgan fingerprint density at radius 1 is 1.00 bits per heavy atom. The summed E-state index contributed by atoms with van der Waals surface area (Å²) < 4.78 is 0. The van der Waals surface area contributed by atoms with Gasteiger partial charge in [-0.15, -0.1) is 0 Å². The lowest BCUT2D eigenvalue weighted by Crippen LogP contribution is -2.18. The van der Waals surface area contributed by atoms with Gasteiger partial charge in [-0.05, 0) is 37.3 Å². The van der Waals surface area contributed by atoms with E-state index in [1.165, 1.54) is 44.1 Å². The number of benzene rings is 1. The van der Waals surface area contributed by atoms with E-state index in [9.17, 15) is 0 Å². The van der Waals surface area contributed by atoms with E-state index in [2.05, 4.69) is 56.5 Å². The van der Waals surface area contributed by atoms with E-state index in [4.69, 9.17) is 0 Å². The average Bonchev–Trinajstić information content (AvgIpc) is 2.47. The lowest BCUT2D eigenvalue weighted by molar-refractivity contribution is 0.388. The van der Waals surface area contributed by atoms with Crippen molar-refractivity contribution in [3.63, 3.8) is 0 Å². The third-order valence-electron chi connectivity index (χ3n) is 4.19. The molecule has 1 heteroatoms. The fourth-order valence-corrected chi connectivity index (χ4v) is 2.84. The van der Waals surface area contributed by atoms with Gasteiger partial charge in [-0.25, -0.2) is 0 Å². The molecule has 0 saturated carbocycles. The van der Waals surface area contributed by atoms with Crippen LogP contribution in [0.2, 0.25) is 0 Å². The summed E-state index contributed by atoms with van der Waals surface area (Å²) in [5.74, 6) is 1.59. The molecule has 1 N–H and O–H groups in total. The summed E-state index contributed by atoms with van der Waals surface area (Å²) in [6, 6.07) is 11.0. The van der Waals surface area contributed by atoms with Gasteiger partial charge in [-0.2, -0.15) is 0 Å². The quantitative estimate of drug-likeness (QED) is 0.626. The maximum Gasteiger partial charge on any atom is 0.00171 e. The first-order valence-corrected chi connectivity index (χ1v) is 8.01. The molecule has 0 radical (unpaired) electrons. The van der Waals surface area contributed by atoms with E-state index in [0.717, 1.165) is 12.5 Å². The molecule has 1 nitrogen and oxygen atoms in total. The van der Waals surface area contributed by atoms with Crippen molar-refractivity contribution in [3.05, 3.63) is 35.9 Å². The maximum absolute atomic E-state index is 3.35. The zero-order valence-electron chi connectivity index (χ0n) is 13.0. The molecule has 0 amide bonds. The van der Waals surface area contributed by atoms with Crippen molar-refractivity contribution in [2.75, 3.05) is 13.6 Å². The number of rotatable bonds is 10. The normalized spacial score (nSPS) is 14.3. The predicted molar refractivity (Wildman–Crippen MR) is 85.6 cm³/mol. The summed E-state index contributed by atoms with van der Waals surface area (Å²) >= 11 is 0. The van der Waals surface area contributed by atoms with Crippen LogP contribution in [-0.2, 0) is 0 Å². The summed E-state index contributed by atoms with van der Waals surface area (Å²) in [6.45, 7) is 5.73. The third-order valence-corrected chi connectivity index (χ3v) is 4.19. The second kappa shape index (κ2) is 10.0. The van der Waals surface area contributed by atoms with Crippen LogP contribution in [0.15, 0.2) is 30.3 Å². The summed E-state index contributed by atoms with van der Waals surface area (Å²) in [5.41, 5.74) is 1.49. The largest absolute Gasteiger partial charge is 0.319 e. The van der Waals surface area contributed by atoms with Crippen LogP contribution in [0, 0.1) is 5.92 Å². The Balaban J connectivity index is 2.49. The van der Waals surface area contributed by atoms with Gasteiger partial charge in [-0.3, -0.25) is 0 Å². The first kappa shape index (κ1) is 16.2. The number of likely N-dealkylation sites (N-methyl/N-ethyl adjacent to an activating group) is 1. The van der Waals surface area contributed by atoms with Crippen LogP contribution in [-0.4, -0.2) is 13.6 Å². The predicted octanol–water partition coefficient (Wildman–Crippen LogP) is 4.99. The van der Waals surface area contributed by atoms with Crippen LogP contribution in [0.25, 0.3) is 0 Å². The van der Waals surface area contributed by atoms with Crippen molar-refractivity contribution in [2.24, 2.45) is 5.92 Å². The summed E-state index contributed by atoms with van der Waals surface area (Å²) in [7, 11) is 2.06. The van der Waals surface area contributed by atoms with Gasteiger partial charge in [0, 0.05) is 6.54 Å². The first-order chi connectivity index (χ1) is 9.31. The minimum Gasteiger partial charge on any atom is -0.319 e. The molecule has 0 heterocycles. The molecular formula is C18H31N. The lowest BCUT2D eigenvalue weighted by atomic mass is 9.87. The highest BCUT2D eigenvalue weighted by atomic mass is 14.8. The van der Waals surface area contributed by atoms with Crippen molar-refractivity contribution < 1.29 is 0 Å². The highest BCUT2D eigenvalue weighted by molar-refractivity contribution is 5.19. The standard InChI is InChI=1S/C18H31N/c1-4-6-10-16(5-2)13-14-18(15-19-3)17-11-8-7-9-12-17/h7-9,11-12,16,18-19H,4-6,10,13-15H2,1-3H3. The van der Waals surface area contributed by atoms with Crippen LogP contribution in [0.5, 0.6) is 0 Å². The van der Waals surface area contributed by atoms with E-state index in [1.807, 2.05) is 0 Å². The third kappa shape index (κ3) is 6.24. The minimum absolute atomic E-state index is 0.668. The average molecular weight is 261 g/mol. The van der Waals surface area contributed by atoms with E-state index < -0.39 is 0 Å². The van der Waals surface area contributed by atoms with E-state index in [-0.39, 0.29) is 0 Å². The number of unbranched alkanes of at least 4 members (excludes halogenated alkanes) is 1. The molecule has 1 rings (SSSR count). The van der Waals surface area contributed by atoms with Crippen LogP contribution >= 0.6 is 0 Å². The number of hydrogen-bond acceptors (Lipinski definition) is 1. The second-order valence-electron chi connectivity index (χ2n) is 5.66. The number of nitrogens with one attached hydrogen (secondary N) is 1. The van der Waals surface area contributed by atoms with Crippen molar-refractivity contribution in [3.8, 4) is 0 Å². The van der Waals surface area contributed by atoms with Gasteiger partial charge in [-0.1, -0.05) is 69.9 Å². The molecular weight excluding hydrogens is 230 g/mol. The van der Waals surface area contributed by atoms with E-state index >= 15 is 0 Å². The minimum atomic E-state index is 0.668. The van der Waals surface area contributed by atoms with E-state index in [1.54, 1.807) is 0 Å². The van der Waals surface area contributed by atoms with Gasteiger partial charge in [0.05, 0.1) is 0 Å². The van der Waals surface area contributed by atoms with Crippen molar-refractivity contribution in [2.45, 2.75) is 58.3 Å². The maximum atomic E-state index is 3.35. The van der Waals surface area contributed by atoms with Gasteiger partial charge < -0.3 is 5.32 Å². The highest BCUT2D eigenvalue weighted by Crippen LogP contribution is 2.26. The molecule has 0 aliphatic rings. The smallest absolute Gasteiger partial charge is 0.00171 e. The zero-order chi connectivity index (χ0) is 13.9. The first-order valence-electron chi connectivity index (χ1n) is 8.01. The van der Waals surface area contributed by atoms with Gasteiger partial charge in [0.15, 0.2) is 0 Å². The van der Waals surface area contributed by atoms with Gasteiger partial charge in [0.25, 0.3) is 0 Å². The molecule has 0 aliphatic carbocycles. The summed E-state index contributed by atoms with van der Waals surface area (Å²) in [6.07, 6.45) is 8.15. The van der Waals surface area contributed by atoms with Crippen LogP contribution in [0.4, 0.5) is 0 Å². The Labute approximate surface area is 119 Å². The Kier molecular flexibility index (Phi) is 8.57. The molecule has 0 aliphatic heterocycles. The van der Waals surface area contributed by atoms with Crippen LogP contribution in [0.1, 0.15) is 63.9 Å². The molecule has 108 valence electrons. The molecule has 0 aromatic heterocycles. The summed E-state index contributed by atoms with van der Waals surface area (Å²) in [5, 5.41) is 3.35. The Morgan fingerprint density at radius 3 is 2.32 bits per heavy atom. The van der Waals surface area contributed by atoms with Crippen LogP contribution in [0.3, 0.4) is 0 Å². The molecule has 19 heavy (non-hydrogen) atoms. The van der Waals surface area contributed by atoms with Gasteiger partial charge in [0.2, 0.25) is 0 Å². The fourth-order valence-electron chi connectivity index (χ4n) is 2.84. The second-order valence-corrected chi connectivity index (χ2v) is 5.66. The number of hydrogen-bond donors (Lipinski definition) is 1. The molecule has 0 spiro atoms. The lowest BCUT2D eigenvalue weighted by Gasteiger charge is -2.21. The molecule has 0 bridgehead atoms. The van der Waals surface area contributed by atoms with Crippen molar-refractivity contribution >= 4 is 0 Å². The molecule has 0 fully saturated rings. The molecule has 1 aromatic rings. The van der Waals surface area contributed by atoms with Gasteiger partial charge >= 0.3 is 0 Å². The van der Waals surface area contributed by atoms with Gasteiger partial charge in [0.1, 0.15) is 0 Å². The Morgan fingerprint density at radius 2 is 1.74 bits per heavy atom. The Bertz CT molecular complexity index is 307. The molecule has 2 unspecified atom stereocenters. The highest BCUT2D eigenvalue weighted by Gasteiger charge is 2.13. The van der Waals surface area contributed by atoms with Crippen LogP contribution < -0.4 is 5.32 Å². The fraction of sp³-hybridized carbons (Fsp3) is 0.667. The topological polar surface area (TPSA) is 12.0 Å². The molecule has 2 atom stereocenters. The monoisotopic (exact) mass is 261 g/mol. The Hall–Kier alpha value is -0.820. The van der Waals surface area contributed by atoms with Crippen molar-refractivity contribution in [1.29, 1.82) is 0 Å². The molecule has 0 saturated heterocycles. The molecule has 1 aromatic carbocycles. The van der Waals surface area contributed by atoms with Crippen molar-refractivity contribution in [1.82, 2.24) is 5.32 Å². The summed E-state index contributed by atoms with van der Waals surface area (Å²) in [4.78, 5) is 0. The SMILES string of the molecule is CCCCC(CC)CCC(CNC)c1ccccc1. The zero-order valence-corrected chi connectivity index (χ0v) is 13.0.